The van der Waals surface area contributed by atoms with Crippen molar-refractivity contribution in [1.29, 1.82) is 0 Å². The Balaban J connectivity index is 2.93. The highest BCUT2D eigenvalue weighted by atomic mass is 16.5. The maximum Gasteiger partial charge on any atom is 0.337 e. The van der Waals surface area contributed by atoms with E-state index in [4.69, 9.17) is 4.74 Å². The number of aliphatic hydroxyl groups excluding tert-OH is 1. The number of hydrogen-bond donors (Lipinski definition) is 1. The average molecular weight is 170 g/mol. The lowest BCUT2D eigenvalue weighted by atomic mass is 9.95. The molecule has 1 N–H and O–H groups in total. The third-order valence-corrected chi connectivity index (χ3v) is 2.34. The van der Waals surface area contributed by atoms with Crippen molar-refractivity contribution in [2.45, 2.75) is 33.3 Å². The second-order valence-electron chi connectivity index (χ2n) is 3.15. The summed E-state index contributed by atoms with van der Waals surface area (Å²) < 4.78 is 5.07. The summed E-state index contributed by atoms with van der Waals surface area (Å²) in [6, 6.07) is 0. The number of ether oxygens (including phenoxy) is 1. The largest absolute Gasteiger partial charge is 0.511 e. The summed E-state index contributed by atoms with van der Waals surface area (Å²) in [6.45, 7) is 5.38. The Morgan fingerprint density at radius 1 is 1.58 bits per heavy atom. The van der Waals surface area contributed by atoms with Gasteiger partial charge >= 0.3 is 5.97 Å². The Morgan fingerprint density at radius 3 is 2.67 bits per heavy atom. The molecule has 1 heterocycles. The Labute approximate surface area is 72.0 Å². The molecule has 12 heavy (non-hydrogen) atoms. The van der Waals surface area contributed by atoms with Crippen LogP contribution in [0.3, 0.4) is 0 Å². The van der Waals surface area contributed by atoms with Crippen molar-refractivity contribution in [3.05, 3.63) is 11.3 Å². The molecule has 0 aromatic carbocycles. The minimum atomic E-state index is -0.391. The highest BCUT2D eigenvalue weighted by Crippen LogP contribution is 2.26. The molecule has 3 nitrogen and oxygen atoms in total. The van der Waals surface area contributed by atoms with Crippen LogP contribution < -0.4 is 0 Å². The molecule has 0 spiro atoms. The molecule has 0 radical (unpaired) electrons. The third kappa shape index (κ3) is 1.31. The van der Waals surface area contributed by atoms with Gasteiger partial charge in [-0.1, -0.05) is 13.8 Å². The molecule has 0 saturated carbocycles. The lowest BCUT2D eigenvalue weighted by molar-refractivity contribution is -0.149. The van der Waals surface area contributed by atoms with Crippen molar-refractivity contribution >= 4 is 5.97 Å². The van der Waals surface area contributed by atoms with E-state index in [1.54, 1.807) is 6.92 Å². The SMILES string of the molecule is CCC1OC(=O)C(C)=C(O)C1C. The first-order valence-corrected chi connectivity index (χ1v) is 4.18. The summed E-state index contributed by atoms with van der Waals surface area (Å²) in [5, 5.41) is 9.50. The Kier molecular flexibility index (Phi) is 2.40. The van der Waals surface area contributed by atoms with E-state index in [2.05, 4.69) is 0 Å². The first kappa shape index (κ1) is 9.10. The first-order chi connectivity index (χ1) is 5.57. The van der Waals surface area contributed by atoms with Crippen LogP contribution >= 0.6 is 0 Å². The summed E-state index contributed by atoms with van der Waals surface area (Å²) in [7, 11) is 0. The molecule has 0 aliphatic carbocycles. The lowest BCUT2D eigenvalue weighted by Crippen LogP contribution is -2.32. The summed E-state index contributed by atoms with van der Waals surface area (Å²) in [4.78, 5) is 11.1. The summed E-state index contributed by atoms with van der Waals surface area (Å²) in [5.41, 5.74) is 0.340. The van der Waals surface area contributed by atoms with Crippen LogP contribution in [-0.2, 0) is 9.53 Å². The number of rotatable bonds is 1. The van der Waals surface area contributed by atoms with Crippen LogP contribution in [0, 0.1) is 5.92 Å². The van der Waals surface area contributed by atoms with Crippen molar-refractivity contribution in [2.24, 2.45) is 5.92 Å². The third-order valence-electron chi connectivity index (χ3n) is 2.34. The molecule has 0 saturated heterocycles. The monoisotopic (exact) mass is 170 g/mol. The van der Waals surface area contributed by atoms with Gasteiger partial charge in [0.2, 0.25) is 0 Å². The second-order valence-corrected chi connectivity index (χ2v) is 3.15. The predicted molar refractivity (Wildman–Crippen MR) is 44.7 cm³/mol. The van der Waals surface area contributed by atoms with E-state index in [-0.39, 0.29) is 17.8 Å². The van der Waals surface area contributed by atoms with E-state index in [0.29, 0.717) is 5.57 Å². The summed E-state index contributed by atoms with van der Waals surface area (Å²) >= 11 is 0. The maximum atomic E-state index is 11.1. The van der Waals surface area contributed by atoms with Crippen LogP contribution in [-0.4, -0.2) is 17.2 Å². The molecule has 2 unspecified atom stereocenters. The van der Waals surface area contributed by atoms with Crippen LogP contribution in [0.2, 0.25) is 0 Å². The number of carbonyl (C=O) groups excluding carboxylic acids is 1. The zero-order chi connectivity index (χ0) is 9.30. The van der Waals surface area contributed by atoms with Crippen molar-refractivity contribution in [3.63, 3.8) is 0 Å². The van der Waals surface area contributed by atoms with Gasteiger partial charge in [0.15, 0.2) is 0 Å². The van der Waals surface area contributed by atoms with Gasteiger partial charge in [0.1, 0.15) is 11.9 Å². The predicted octanol–water partition coefficient (Wildman–Crippen LogP) is 1.79. The Hall–Kier alpha value is -0.990. The number of esters is 1. The van der Waals surface area contributed by atoms with Crippen molar-refractivity contribution in [3.8, 4) is 0 Å². The highest BCUT2D eigenvalue weighted by Gasteiger charge is 2.31. The van der Waals surface area contributed by atoms with Gasteiger partial charge in [-0.05, 0) is 13.3 Å². The molecule has 0 aromatic heterocycles. The van der Waals surface area contributed by atoms with Gasteiger partial charge < -0.3 is 9.84 Å². The number of aliphatic hydroxyl groups is 1. The fourth-order valence-electron chi connectivity index (χ4n) is 1.39. The average Bonchev–Trinajstić information content (AvgIpc) is 2.08. The first-order valence-electron chi connectivity index (χ1n) is 4.18. The fraction of sp³-hybridized carbons (Fsp3) is 0.667. The van der Waals surface area contributed by atoms with Crippen LogP contribution in [0.5, 0.6) is 0 Å². The van der Waals surface area contributed by atoms with E-state index in [9.17, 15) is 9.90 Å². The topological polar surface area (TPSA) is 46.5 Å². The molecular formula is C9H14O3. The minimum absolute atomic E-state index is 0.0623. The standard InChI is InChI=1S/C9H14O3/c1-4-7-5(2)8(10)6(3)9(11)12-7/h5,7,10H,4H2,1-3H3. The molecule has 0 aromatic rings. The van der Waals surface area contributed by atoms with Gasteiger partial charge in [-0.2, -0.15) is 0 Å². The van der Waals surface area contributed by atoms with Gasteiger partial charge in [0.25, 0.3) is 0 Å². The van der Waals surface area contributed by atoms with Gasteiger partial charge in [-0.15, -0.1) is 0 Å². The van der Waals surface area contributed by atoms with E-state index in [1.165, 1.54) is 0 Å². The van der Waals surface area contributed by atoms with E-state index in [1.807, 2.05) is 13.8 Å². The number of cyclic esters (lactones) is 1. The normalized spacial score (nSPS) is 30.4. The maximum absolute atomic E-state index is 11.1. The van der Waals surface area contributed by atoms with E-state index in [0.717, 1.165) is 6.42 Å². The fourth-order valence-corrected chi connectivity index (χ4v) is 1.39. The summed E-state index contributed by atoms with van der Waals surface area (Å²) in [6.07, 6.45) is 0.575. The molecule has 0 amide bonds. The van der Waals surface area contributed by atoms with Gasteiger partial charge in [-0.25, -0.2) is 4.79 Å². The van der Waals surface area contributed by atoms with Crippen LogP contribution in [0.25, 0.3) is 0 Å². The highest BCUT2D eigenvalue weighted by molar-refractivity contribution is 5.89. The molecule has 2 atom stereocenters. The van der Waals surface area contributed by atoms with Crippen molar-refractivity contribution in [1.82, 2.24) is 0 Å². The van der Waals surface area contributed by atoms with Crippen molar-refractivity contribution < 1.29 is 14.6 Å². The molecule has 3 heteroatoms. The smallest absolute Gasteiger partial charge is 0.337 e. The zero-order valence-corrected chi connectivity index (χ0v) is 7.63. The molecule has 0 bridgehead atoms. The van der Waals surface area contributed by atoms with Crippen LogP contribution in [0.4, 0.5) is 0 Å². The van der Waals surface area contributed by atoms with Crippen molar-refractivity contribution in [2.75, 3.05) is 0 Å². The van der Waals surface area contributed by atoms with E-state index >= 15 is 0 Å². The van der Waals surface area contributed by atoms with Gasteiger partial charge in [0.05, 0.1) is 11.5 Å². The minimum Gasteiger partial charge on any atom is -0.511 e. The van der Waals surface area contributed by atoms with E-state index < -0.39 is 5.97 Å². The van der Waals surface area contributed by atoms with Crippen LogP contribution in [0.1, 0.15) is 27.2 Å². The second kappa shape index (κ2) is 3.17. The molecule has 68 valence electrons. The summed E-state index contributed by atoms with van der Waals surface area (Å²) in [5.74, 6) is -0.275. The Morgan fingerprint density at radius 2 is 2.17 bits per heavy atom. The van der Waals surface area contributed by atoms with Crippen LogP contribution in [0.15, 0.2) is 11.3 Å². The molecule has 1 aliphatic rings. The Bertz CT molecular complexity index is 230. The number of carbonyl (C=O) groups is 1. The quantitative estimate of drug-likeness (QED) is 0.610. The zero-order valence-electron chi connectivity index (χ0n) is 7.63. The van der Waals surface area contributed by atoms with Gasteiger partial charge in [-0.3, -0.25) is 0 Å². The molecular weight excluding hydrogens is 156 g/mol. The molecule has 1 aliphatic heterocycles. The number of hydrogen-bond acceptors (Lipinski definition) is 3. The lowest BCUT2D eigenvalue weighted by Gasteiger charge is -2.28. The molecule has 1 rings (SSSR count). The van der Waals surface area contributed by atoms with Gasteiger partial charge in [0, 0.05) is 0 Å². The molecule has 0 fully saturated rings.